The van der Waals surface area contributed by atoms with Gasteiger partial charge in [-0.25, -0.2) is 0 Å². The Morgan fingerprint density at radius 1 is 1.26 bits per heavy atom. The fraction of sp³-hybridized carbons (Fsp3) is 0.750. The minimum Gasteiger partial charge on any atom is -0.271 e. The fourth-order valence-corrected chi connectivity index (χ4v) is 5.31. The molecule has 0 saturated heterocycles. The molecule has 0 radical (unpaired) electrons. The highest BCUT2D eigenvalue weighted by molar-refractivity contribution is 7.12. The lowest BCUT2D eigenvalue weighted by Crippen LogP contribution is -2.35. The van der Waals surface area contributed by atoms with Crippen LogP contribution < -0.4 is 11.3 Å². The van der Waals surface area contributed by atoms with Gasteiger partial charge in [0, 0.05) is 9.75 Å². The van der Waals surface area contributed by atoms with Gasteiger partial charge in [0.25, 0.3) is 0 Å². The molecule has 0 amide bonds. The summed E-state index contributed by atoms with van der Waals surface area (Å²) in [4.78, 5) is 3.12. The van der Waals surface area contributed by atoms with Crippen LogP contribution in [0.5, 0.6) is 0 Å². The Hall–Kier alpha value is -0.380. The van der Waals surface area contributed by atoms with E-state index < -0.39 is 0 Å². The lowest BCUT2D eigenvalue weighted by molar-refractivity contribution is 0.226. The summed E-state index contributed by atoms with van der Waals surface area (Å²) in [5.41, 5.74) is 4.73. The van der Waals surface area contributed by atoms with Crippen LogP contribution in [0.15, 0.2) is 6.07 Å². The van der Waals surface area contributed by atoms with E-state index in [2.05, 4.69) is 18.4 Å². The van der Waals surface area contributed by atoms with Crippen LogP contribution >= 0.6 is 11.3 Å². The summed E-state index contributed by atoms with van der Waals surface area (Å²) in [6.07, 6.45) is 10.7. The Labute approximate surface area is 120 Å². The van der Waals surface area contributed by atoms with E-state index in [1.807, 2.05) is 11.3 Å². The standard InChI is InChI=1S/C16H26N2S/c1-11-5-4-7-13(9-11)16(18-17)15-10-12-6-2-3-8-14(12)19-15/h10-11,13,16,18H,2-9,17H2,1H3. The van der Waals surface area contributed by atoms with Crippen molar-refractivity contribution in [3.05, 3.63) is 21.4 Å². The second-order valence-electron chi connectivity index (χ2n) is 6.48. The van der Waals surface area contributed by atoms with Gasteiger partial charge in [0.2, 0.25) is 0 Å². The normalized spacial score (nSPS) is 28.9. The number of hydrazine groups is 1. The van der Waals surface area contributed by atoms with Gasteiger partial charge in [-0.05, 0) is 62.0 Å². The number of aryl methyl sites for hydroxylation is 2. The first-order chi connectivity index (χ1) is 9.28. The molecule has 3 heteroatoms. The number of nitrogens with two attached hydrogens (primary N) is 1. The SMILES string of the molecule is CC1CCCC(C(NN)c2cc3c(s2)CCCC3)C1. The number of rotatable bonds is 3. The molecule has 106 valence electrons. The van der Waals surface area contributed by atoms with Crippen LogP contribution in [-0.4, -0.2) is 0 Å². The van der Waals surface area contributed by atoms with Crippen molar-refractivity contribution in [2.75, 3.05) is 0 Å². The van der Waals surface area contributed by atoms with Crippen molar-refractivity contribution >= 4 is 11.3 Å². The molecule has 1 aromatic rings. The zero-order valence-corrected chi connectivity index (χ0v) is 12.8. The first-order valence-corrected chi connectivity index (χ1v) is 8.67. The van der Waals surface area contributed by atoms with E-state index >= 15 is 0 Å². The average molecular weight is 278 g/mol. The Balaban J connectivity index is 1.79. The zero-order chi connectivity index (χ0) is 13.2. The molecule has 0 aliphatic heterocycles. The summed E-state index contributed by atoms with van der Waals surface area (Å²) >= 11 is 2.02. The third-order valence-electron chi connectivity index (χ3n) is 4.95. The summed E-state index contributed by atoms with van der Waals surface area (Å²) in [5.74, 6) is 7.49. The first-order valence-electron chi connectivity index (χ1n) is 7.85. The van der Waals surface area contributed by atoms with Crippen LogP contribution in [0.1, 0.15) is 66.8 Å². The summed E-state index contributed by atoms with van der Waals surface area (Å²) in [6.45, 7) is 2.39. The molecule has 3 atom stereocenters. The van der Waals surface area contributed by atoms with Gasteiger partial charge in [-0.3, -0.25) is 11.3 Å². The van der Waals surface area contributed by atoms with Crippen LogP contribution in [0.3, 0.4) is 0 Å². The maximum atomic E-state index is 5.90. The van der Waals surface area contributed by atoms with Crippen molar-refractivity contribution in [1.29, 1.82) is 0 Å². The number of thiophene rings is 1. The minimum atomic E-state index is 0.387. The largest absolute Gasteiger partial charge is 0.271 e. The highest BCUT2D eigenvalue weighted by Crippen LogP contribution is 2.41. The van der Waals surface area contributed by atoms with Crippen LogP contribution in [0.25, 0.3) is 0 Å². The van der Waals surface area contributed by atoms with E-state index in [1.54, 1.807) is 10.4 Å². The van der Waals surface area contributed by atoms with Crippen LogP contribution in [0, 0.1) is 11.8 Å². The topological polar surface area (TPSA) is 38.0 Å². The molecular formula is C16H26N2S. The molecule has 0 bridgehead atoms. The number of hydrogen-bond acceptors (Lipinski definition) is 3. The molecular weight excluding hydrogens is 252 g/mol. The number of hydrogen-bond donors (Lipinski definition) is 2. The molecule has 1 heterocycles. The van der Waals surface area contributed by atoms with Crippen molar-refractivity contribution in [2.45, 2.75) is 64.3 Å². The van der Waals surface area contributed by atoms with Crippen molar-refractivity contribution in [1.82, 2.24) is 5.43 Å². The summed E-state index contributed by atoms with van der Waals surface area (Å²) in [7, 11) is 0. The predicted molar refractivity (Wildman–Crippen MR) is 82.1 cm³/mol. The summed E-state index contributed by atoms with van der Waals surface area (Å²) < 4.78 is 0. The molecule has 1 saturated carbocycles. The molecule has 3 N–H and O–H groups in total. The number of fused-ring (bicyclic) bond motifs is 1. The molecule has 2 aliphatic carbocycles. The van der Waals surface area contributed by atoms with E-state index in [4.69, 9.17) is 5.84 Å². The minimum absolute atomic E-state index is 0.387. The van der Waals surface area contributed by atoms with E-state index in [-0.39, 0.29) is 0 Å². The van der Waals surface area contributed by atoms with E-state index in [0.29, 0.717) is 6.04 Å². The van der Waals surface area contributed by atoms with Crippen molar-refractivity contribution < 1.29 is 0 Å². The zero-order valence-electron chi connectivity index (χ0n) is 12.0. The molecule has 1 aromatic heterocycles. The maximum absolute atomic E-state index is 5.90. The van der Waals surface area contributed by atoms with Gasteiger partial charge in [-0.1, -0.05) is 19.8 Å². The van der Waals surface area contributed by atoms with Gasteiger partial charge in [-0.2, -0.15) is 0 Å². The van der Waals surface area contributed by atoms with E-state index in [9.17, 15) is 0 Å². The van der Waals surface area contributed by atoms with E-state index in [1.165, 1.54) is 56.2 Å². The molecule has 1 fully saturated rings. The Morgan fingerprint density at radius 3 is 2.84 bits per heavy atom. The second kappa shape index (κ2) is 5.94. The third-order valence-corrected chi connectivity index (χ3v) is 6.27. The molecule has 2 aliphatic rings. The highest BCUT2D eigenvalue weighted by atomic mass is 32.1. The molecule has 3 rings (SSSR count). The number of nitrogens with one attached hydrogen (secondary N) is 1. The van der Waals surface area contributed by atoms with Crippen molar-refractivity contribution in [3.63, 3.8) is 0 Å². The quantitative estimate of drug-likeness (QED) is 0.649. The van der Waals surface area contributed by atoms with Gasteiger partial charge in [0.05, 0.1) is 6.04 Å². The van der Waals surface area contributed by atoms with Crippen LogP contribution in [0.4, 0.5) is 0 Å². The third kappa shape index (κ3) is 2.88. The lowest BCUT2D eigenvalue weighted by Gasteiger charge is -2.32. The van der Waals surface area contributed by atoms with E-state index in [0.717, 1.165) is 11.8 Å². The van der Waals surface area contributed by atoms with Gasteiger partial charge in [-0.15, -0.1) is 11.3 Å². The van der Waals surface area contributed by atoms with Crippen LogP contribution in [0.2, 0.25) is 0 Å². The molecule has 2 nitrogen and oxygen atoms in total. The monoisotopic (exact) mass is 278 g/mol. The maximum Gasteiger partial charge on any atom is 0.0581 e. The summed E-state index contributed by atoms with van der Waals surface area (Å²) in [5, 5.41) is 0. The lowest BCUT2D eigenvalue weighted by atomic mass is 9.78. The van der Waals surface area contributed by atoms with Crippen LogP contribution in [-0.2, 0) is 12.8 Å². The Kier molecular flexibility index (Phi) is 4.25. The second-order valence-corrected chi connectivity index (χ2v) is 7.65. The van der Waals surface area contributed by atoms with Crippen molar-refractivity contribution in [2.24, 2.45) is 17.7 Å². The molecule has 0 aromatic carbocycles. The smallest absolute Gasteiger partial charge is 0.0581 e. The molecule has 0 spiro atoms. The first kappa shape index (κ1) is 13.6. The van der Waals surface area contributed by atoms with Gasteiger partial charge in [0.15, 0.2) is 0 Å². The highest BCUT2D eigenvalue weighted by Gasteiger charge is 2.29. The predicted octanol–water partition coefficient (Wildman–Crippen LogP) is 3.96. The van der Waals surface area contributed by atoms with Gasteiger partial charge in [0.1, 0.15) is 0 Å². The average Bonchev–Trinajstić information content (AvgIpc) is 2.83. The summed E-state index contributed by atoms with van der Waals surface area (Å²) in [6, 6.07) is 2.83. The van der Waals surface area contributed by atoms with Gasteiger partial charge >= 0.3 is 0 Å². The Bertz CT molecular complexity index is 403. The Morgan fingerprint density at radius 2 is 2.11 bits per heavy atom. The van der Waals surface area contributed by atoms with Crippen molar-refractivity contribution in [3.8, 4) is 0 Å². The molecule has 3 unspecified atom stereocenters. The molecule has 19 heavy (non-hydrogen) atoms. The van der Waals surface area contributed by atoms with Gasteiger partial charge < -0.3 is 0 Å². The fourth-order valence-electron chi connectivity index (χ4n) is 3.90.